The van der Waals surface area contributed by atoms with Crippen LogP contribution < -0.4 is 0 Å². The highest BCUT2D eigenvalue weighted by Crippen LogP contribution is 2.30. The van der Waals surface area contributed by atoms with Gasteiger partial charge in [0.25, 0.3) is 0 Å². The number of rotatable bonds is 0. The van der Waals surface area contributed by atoms with Crippen LogP contribution >= 0.6 is 0 Å². The van der Waals surface area contributed by atoms with Crippen molar-refractivity contribution >= 4 is 22.9 Å². The van der Waals surface area contributed by atoms with Crippen molar-refractivity contribution in [2.75, 3.05) is 0 Å². The van der Waals surface area contributed by atoms with Gasteiger partial charge in [0.2, 0.25) is 0 Å². The van der Waals surface area contributed by atoms with Gasteiger partial charge in [-0.25, -0.2) is 0 Å². The number of hydrogen-bond acceptors (Lipinski definition) is 0. The molecule has 0 atom stereocenters. The van der Waals surface area contributed by atoms with Gasteiger partial charge in [-0.3, -0.25) is 0 Å². The molecule has 1 aliphatic carbocycles. The fourth-order valence-electron chi connectivity index (χ4n) is 1.55. The van der Waals surface area contributed by atoms with E-state index in [4.69, 9.17) is 5.48 Å². The summed E-state index contributed by atoms with van der Waals surface area (Å²) in [5.41, 5.74) is 1.13. The second-order valence-corrected chi connectivity index (χ2v) is 2.81. The molecule has 0 bridgehead atoms. The van der Waals surface area contributed by atoms with Crippen molar-refractivity contribution in [2.45, 2.75) is 0 Å². The van der Waals surface area contributed by atoms with Gasteiger partial charge in [-0.15, -0.1) is 0 Å². The fraction of sp³-hybridized carbons (Fsp3) is 0. The molecule has 2 aromatic carbocycles. The predicted molar refractivity (Wildman–Crippen MR) is 52.9 cm³/mol. The molecule has 3 rings (SSSR count). The van der Waals surface area contributed by atoms with Crippen LogP contribution in [0.25, 0.3) is 22.9 Å². The number of benzene rings is 2. The molecule has 0 aromatic heterocycles. The van der Waals surface area contributed by atoms with Crippen LogP contribution in [0.15, 0.2) is 36.4 Å². The van der Waals surface area contributed by atoms with Crippen LogP contribution in [0.4, 0.5) is 0 Å². The van der Waals surface area contributed by atoms with E-state index in [0.29, 0.717) is 11.1 Å². The highest BCUT2D eigenvalue weighted by atomic mass is 14.1. The van der Waals surface area contributed by atoms with Crippen molar-refractivity contribution in [1.82, 2.24) is 0 Å². The maximum Gasteiger partial charge on any atom is 0.0629 e. The summed E-state index contributed by atoms with van der Waals surface area (Å²) in [5, 5.41) is 1.61. The van der Waals surface area contributed by atoms with E-state index in [1.807, 2.05) is 12.1 Å². The molecule has 0 heterocycles. The van der Waals surface area contributed by atoms with Gasteiger partial charge in [0, 0.05) is 0 Å². The normalized spacial score (nSPS) is 19.0. The van der Waals surface area contributed by atoms with E-state index in [-0.39, 0.29) is 24.2 Å². The van der Waals surface area contributed by atoms with Crippen LogP contribution in [-0.2, 0) is 0 Å². The Morgan fingerprint density at radius 2 is 1.92 bits per heavy atom. The first-order valence-electron chi connectivity index (χ1n) is 5.82. The summed E-state index contributed by atoms with van der Waals surface area (Å²) in [6.45, 7) is 0. The molecule has 0 unspecified atom stereocenters. The Labute approximate surface area is 76.8 Å². The Bertz CT molecular complexity index is 656. The first-order chi connectivity index (χ1) is 7.61. The minimum atomic E-state index is 0.0483. The van der Waals surface area contributed by atoms with Crippen LogP contribution in [-0.4, -0.2) is 0 Å². The standard InChI is InChI=1S/C12H8/c1-3-9-4-2-6-11-8-7-10(5-1)12(9)11/h1-8H/i1D,5D,7D,8D. The summed E-state index contributed by atoms with van der Waals surface area (Å²) in [6.07, 6.45) is 0. The van der Waals surface area contributed by atoms with Crippen molar-refractivity contribution in [3.05, 3.63) is 47.5 Å². The molecule has 0 aliphatic heterocycles. The van der Waals surface area contributed by atoms with E-state index in [1.54, 1.807) is 12.1 Å². The lowest BCUT2D eigenvalue weighted by Crippen LogP contribution is -1.76. The zero-order valence-corrected chi connectivity index (χ0v) is 6.31. The van der Waals surface area contributed by atoms with Gasteiger partial charge in [0.05, 0.1) is 5.48 Å². The largest absolute Gasteiger partial charge is 0.0629 e. The summed E-state index contributed by atoms with van der Waals surface area (Å²) in [4.78, 5) is 0. The van der Waals surface area contributed by atoms with Crippen molar-refractivity contribution < 1.29 is 5.48 Å². The average molecular weight is 156 g/mol. The maximum absolute atomic E-state index is 7.84. The topological polar surface area (TPSA) is 0 Å². The van der Waals surface area contributed by atoms with Crippen molar-refractivity contribution in [3.8, 4) is 0 Å². The smallest absolute Gasteiger partial charge is 0.0610 e. The summed E-state index contributed by atoms with van der Waals surface area (Å²) >= 11 is 0. The lowest BCUT2D eigenvalue weighted by atomic mass is 10.0. The molecule has 2 aromatic rings. The van der Waals surface area contributed by atoms with Gasteiger partial charge < -0.3 is 0 Å². The minimum absolute atomic E-state index is 0.0483. The lowest BCUT2D eigenvalue weighted by Gasteiger charge is -1.99. The van der Waals surface area contributed by atoms with Gasteiger partial charge in [0.15, 0.2) is 0 Å². The molecule has 0 fully saturated rings. The summed E-state index contributed by atoms with van der Waals surface area (Å²) < 4.78 is 31.1. The third-order valence-corrected chi connectivity index (χ3v) is 2.09. The minimum Gasteiger partial charge on any atom is -0.0610 e. The Morgan fingerprint density at radius 1 is 1.00 bits per heavy atom. The Kier molecular flexibility index (Phi) is 0.567. The van der Waals surface area contributed by atoms with E-state index in [2.05, 4.69) is 0 Å². The fourth-order valence-corrected chi connectivity index (χ4v) is 1.55. The summed E-state index contributed by atoms with van der Waals surface area (Å²) in [6, 6.07) is 7.45. The third-order valence-electron chi connectivity index (χ3n) is 2.09. The van der Waals surface area contributed by atoms with E-state index < -0.39 is 0 Å². The van der Waals surface area contributed by atoms with Gasteiger partial charge in [-0.2, -0.15) is 0 Å². The molecule has 56 valence electrons. The molecule has 0 nitrogen and oxygen atoms in total. The molecule has 0 amide bonds. The van der Waals surface area contributed by atoms with Crippen molar-refractivity contribution in [1.29, 1.82) is 0 Å². The van der Waals surface area contributed by atoms with Crippen molar-refractivity contribution in [2.24, 2.45) is 0 Å². The molecule has 1 aliphatic rings. The highest BCUT2D eigenvalue weighted by Gasteiger charge is 2.06. The molecule has 0 saturated heterocycles. The molecule has 0 saturated carbocycles. The first-order valence-corrected chi connectivity index (χ1v) is 3.82. The second-order valence-electron chi connectivity index (χ2n) is 2.81. The maximum atomic E-state index is 7.84. The number of hydrogen-bond donors (Lipinski definition) is 0. The first kappa shape index (κ1) is 3.44. The summed E-state index contributed by atoms with van der Waals surface area (Å²) in [5.74, 6) is 0. The van der Waals surface area contributed by atoms with Crippen LogP contribution in [0.1, 0.15) is 16.6 Å². The third kappa shape index (κ3) is 0.620. The molecule has 0 radical (unpaired) electrons. The molecule has 0 spiro atoms. The quantitative estimate of drug-likeness (QED) is 0.549. The van der Waals surface area contributed by atoms with Crippen LogP contribution in [0, 0.1) is 0 Å². The van der Waals surface area contributed by atoms with Crippen LogP contribution in [0.3, 0.4) is 0 Å². The monoisotopic (exact) mass is 156 g/mol. The SMILES string of the molecule is [2H]C1=C([2H])c2c([2H])c([2H])cc3cccc1c23. The van der Waals surface area contributed by atoms with E-state index in [9.17, 15) is 0 Å². The zero-order chi connectivity index (χ0) is 11.4. The van der Waals surface area contributed by atoms with Gasteiger partial charge >= 0.3 is 0 Å². The van der Waals surface area contributed by atoms with E-state index in [0.717, 1.165) is 10.8 Å². The van der Waals surface area contributed by atoms with Gasteiger partial charge in [-0.1, -0.05) is 48.5 Å². The van der Waals surface area contributed by atoms with E-state index >= 15 is 0 Å². The Balaban J connectivity index is 2.61. The van der Waals surface area contributed by atoms with Crippen molar-refractivity contribution in [3.63, 3.8) is 0 Å². The molecule has 12 heavy (non-hydrogen) atoms. The lowest BCUT2D eigenvalue weighted by molar-refractivity contribution is 1.72. The van der Waals surface area contributed by atoms with Crippen LogP contribution in [0.2, 0.25) is 0 Å². The second kappa shape index (κ2) is 1.98. The Hall–Kier alpha value is -1.56. The van der Waals surface area contributed by atoms with Gasteiger partial charge in [-0.05, 0) is 21.9 Å². The zero-order valence-electron chi connectivity index (χ0n) is 10.3. The highest BCUT2D eigenvalue weighted by molar-refractivity contribution is 6.04. The molecule has 0 N–H and O–H groups in total. The average Bonchev–Trinajstić information content (AvgIpc) is 2.52. The van der Waals surface area contributed by atoms with Gasteiger partial charge in [0.1, 0.15) is 0 Å². The molecule has 0 heteroatoms. The molecular weight excluding hydrogens is 144 g/mol. The Morgan fingerprint density at radius 3 is 2.92 bits per heavy atom. The summed E-state index contributed by atoms with van der Waals surface area (Å²) in [7, 11) is 0. The molecular formula is C12H8. The predicted octanol–water partition coefficient (Wildman–Crippen LogP) is 3.32. The van der Waals surface area contributed by atoms with E-state index in [1.165, 1.54) is 0 Å². The van der Waals surface area contributed by atoms with Crippen LogP contribution in [0.5, 0.6) is 0 Å².